The fourth-order valence-electron chi connectivity index (χ4n) is 3.61. The van der Waals surface area contributed by atoms with Gasteiger partial charge in [0.15, 0.2) is 5.69 Å². The SMILES string of the molecule is CC(c1ccc(NC(=O)c2ccc(-n3ccc(C(F)(F)F)n3)cc2)cc1)N1CCOCC1. The molecular weight excluding hydrogens is 421 g/mol. The molecule has 0 saturated carbocycles. The minimum atomic E-state index is -4.50. The number of rotatable bonds is 5. The van der Waals surface area contributed by atoms with Crippen molar-refractivity contribution in [1.29, 1.82) is 0 Å². The van der Waals surface area contributed by atoms with Gasteiger partial charge in [0.1, 0.15) is 0 Å². The van der Waals surface area contributed by atoms with Crippen LogP contribution in [-0.4, -0.2) is 46.9 Å². The van der Waals surface area contributed by atoms with Crippen LogP contribution < -0.4 is 5.32 Å². The van der Waals surface area contributed by atoms with Crippen LogP contribution in [0.1, 0.15) is 34.6 Å². The number of aromatic nitrogens is 2. The van der Waals surface area contributed by atoms with E-state index in [2.05, 4.69) is 22.2 Å². The topological polar surface area (TPSA) is 59.4 Å². The molecule has 2 aromatic carbocycles. The van der Waals surface area contributed by atoms with E-state index in [0.717, 1.165) is 42.6 Å². The summed E-state index contributed by atoms with van der Waals surface area (Å²) in [4.78, 5) is 14.9. The summed E-state index contributed by atoms with van der Waals surface area (Å²) in [5, 5.41) is 6.37. The highest BCUT2D eigenvalue weighted by Crippen LogP contribution is 2.28. The molecule has 0 spiro atoms. The Morgan fingerprint density at radius 2 is 1.69 bits per heavy atom. The van der Waals surface area contributed by atoms with Crippen LogP contribution >= 0.6 is 0 Å². The number of nitrogens with one attached hydrogen (secondary N) is 1. The number of hydrogen-bond acceptors (Lipinski definition) is 4. The van der Waals surface area contributed by atoms with E-state index >= 15 is 0 Å². The number of carbonyl (C=O) groups is 1. The second-order valence-electron chi connectivity index (χ2n) is 7.59. The highest BCUT2D eigenvalue weighted by atomic mass is 19.4. The lowest BCUT2D eigenvalue weighted by Gasteiger charge is -2.32. The van der Waals surface area contributed by atoms with Crippen molar-refractivity contribution in [3.63, 3.8) is 0 Å². The van der Waals surface area contributed by atoms with Crippen LogP contribution in [0.25, 0.3) is 5.69 Å². The normalized spacial score (nSPS) is 16.0. The molecular formula is C23H23F3N4O2. The number of ether oxygens (including phenoxy) is 1. The first-order valence-corrected chi connectivity index (χ1v) is 10.3. The van der Waals surface area contributed by atoms with Crippen LogP contribution in [0.5, 0.6) is 0 Å². The molecule has 0 bridgehead atoms. The van der Waals surface area contributed by atoms with Gasteiger partial charge in [0.2, 0.25) is 0 Å². The molecule has 3 aromatic rings. The van der Waals surface area contributed by atoms with Crippen molar-refractivity contribution in [2.45, 2.75) is 19.1 Å². The van der Waals surface area contributed by atoms with Crippen molar-refractivity contribution in [2.75, 3.05) is 31.6 Å². The zero-order valence-electron chi connectivity index (χ0n) is 17.5. The second kappa shape index (κ2) is 9.13. The maximum absolute atomic E-state index is 12.7. The third-order valence-corrected chi connectivity index (χ3v) is 5.52. The van der Waals surface area contributed by atoms with E-state index in [1.54, 1.807) is 24.3 Å². The van der Waals surface area contributed by atoms with Gasteiger partial charge in [-0.25, -0.2) is 4.68 Å². The van der Waals surface area contributed by atoms with Gasteiger partial charge in [-0.1, -0.05) is 12.1 Å². The van der Waals surface area contributed by atoms with Crippen LogP contribution in [0.4, 0.5) is 18.9 Å². The molecule has 0 aliphatic carbocycles. The zero-order chi connectivity index (χ0) is 22.7. The first-order valence-electron chi connectivity index (χ1n) is 10.3. The molecule has 1 N–H and O–H groups in total. The number of benzene rings is 2. The molecule has 0 radical (unpaired) electrons. The molecule has 1 fully saturated rings. The third kappa shape index (κ3) is 5.00. The average molecular weight is 444 g/mol. The Balaban J connectivity index is 1.39. The molecule has 32 heavy (non-hydrogen) atoms. The minimum absolute atomic E-state index is 0.261. The van der Waals surface area contributed by atoms with E-state index in [1.807, 2.05) is 24.3 Å². The Labute approximate surface area is 183 Å². The Hall–Kier alpha value is -3.17. The lowest BCUT2D eigenvalue weighted by molar-refractivity contribution is -0.141. The summed E-state index contributed by atoms with van der Waals surface area (Å²) in [5.41, 5.74) is 1.68. The summed E-state index contributed by atoms with van der Waals surface area (Å²) in [6, 6.07) is 15.1. The molecule has 1 saturated heterocycles. The van der Waals surface area contributed by atoms with E-state index in [4.69, 9.17) is 4.74 Å². The predicted octanol–water partition coefficient (Wildman–Crippen LogP) is 4.54. The Kier molecular flexibility index (Phi) is 6.29. The number of carbonyl (C=O) groups excluding carboxylic acids is 1. The number of anilines is 1. The number of hydrogen-bond donors (Lipinski definition) is 1. The van der Waals surface area contributed by atoms with E-state index < -0.39 is 11.9 Å². The number of nitrogens with zero attached hydrogens (tertiary/aromatic N) is 3. The molecule has 6 nitrogen and oxygen atoms in total. The highest BCUT2D eigenvalue weighted by molar-refractivity contribution is 6.04. The van der Waals surface area contributed by atoms with Gasteiger partial charge in [0, 0.05) is 36.6 Å². The summed E-state index contributed by atoms with van der Waals surface area (Å²) >= 11 is 0. The summed E-state index contributed by atoms with van der Waals surface area (Å²) in [6.45, 7) is 5.41. The van der Waals surface area contributed by atoms with Crippen molar-refractivity contribution in [2.24, 2.45) is 0 Å². The maximum Gasteiger partial charge on any atom is 0.435 e. The first-order chi connectivity index (χ1) is 15.3. The third-order valence-electron chi connectivity index (χ3n) is 5.52. The molecule has 1 aliphatic heterocycles. The number of morpholine rings is 1. The molecule has 4 rings (SSSR count). The standard InChI is InChI=1S/C23H23F3N4O2/c1-16(29-12-14-32-15-13-29)17-2-6-19(7-3-17)27-22(31)18-4-8-20(9-5-18)30-11-10-21(28-30)23(24,25)26/h2-11,16H,12-15H2,1H3,(H,27,31). The quantitative estimate of drug-likeness (QED) is 0.628. The predicted molar refractivity (Wildman–Crippen MR) is 114 cm³/mol. The van der Waals surface area contributed by atoms with Crippen LogP contribution in [0, 0.1) is 0 Å². The number of alkyl halides is 3. The summed E-state index contributed by atoms with van der Waals surface area (Å²) in [6.07, 6.45) is -3.27. The highest BCUT2D eigenvalue weighted by Gasteiger charge is 2.33. The summed E-state index contributed by atoms with van der Waals surface area (Å²) < 4.78 is 44.7. The minimum Gasteiger partial charge on any atom is -0.379 e. The van der Waals surface area contributed by atoms with Gasteiger partial charge in [-0.2, -0.15) is 18.3 Å². The maximum atomic E-state index is 12.7. The van der Waals surface area contributed by atoms with Crippen molar-refractivity contribution < 1.29 is 22.7 Å². The fourth-order valence-corrected chi connectivity index (χ4v) is 3.61. The van der Waals surface area contributed by atoms with Gasteiger partial charge in [-0.05, 0) is 55.0 Å². The number of halogens is 3. The van der Waals surface area contributed by atoms with Gasteiger partial charge < -0.3 is 10.1 Å². The molecule has 1 unspecified atom stereocenters. The van der Waals surface area contributed by atoms with E-state index in [9.17, 15) is 18.0 Å². The van der Waals surface area contributed by atoms with Crippen molar-refractivity contribution in [3.8, 4) is 5.69 Å². The summed E-state index contributed by atoms with van der Waals surface area (Å²) in [5.74, 6) is -0.304. The van der Waals surface area contributed by atoms with Crippen LogP contribution in [0.2, 0.25) is 0 Å². The molecule has 1 aromatic heterocycles. The lowest BCUT2D eigenvalue weighted by Crippen LogP contribution is -2.37. The summed E-state index contributed by atoms with van der Waals surface area (Å²) in [7, 11) is 0. The van der Waals surface area contributed by atoms with Crippen molar-refractivity contribution >= 4 is 11.6 Å². The van der Waals surface area contributed by atoms with E-state index in [0.29, 0.717) is 16.9 Å². The molecule has 1 amide bonds. The van der Waals surface area contributed by atoms with Crippen molar-refractivity contribution in [1.82, 2.24) is 14.7 Å². The van der Waals surface area contributed by atoms with Gasteiger partial charge in [0.05, 0.1) is 18.9 Å². The molecule has 9 heteroatoms. The van der Waals surface area contributed by atoms with E-state index in [-0.39, 0.29) is 11.9 Å². The smallest absolute Gasteiger partial charge is 0.379 e. The first kappa shape index (κ1) is 22.0. The van der Waals surface area contributed by atoms with E-state index in [1.165, 1.54) is 6.20 Å². The molecule has 1 aliphatic rings. The van der Waals surface area contributed by atoms with Gasteiger partial charge in [-0.15, -0.1) is 0 Å². The fraction of sp³-hybridized carbons (Fsp3) is 0.304. The van der Waals surface area contributed by atoms with Crippen LogP contribution in [-0.2, 0) is 10.9 Å². The molecule has 168 valence electrons. The zero-order valence-corrected chi connectivity index (χ0v) is 17.5. The van der Waals surface area contributed by atoms with Crippen molar-refractivity contribution in [3.05, 3.63) is 77.6 Å². The van der Waals surface area contributed by atoms with Crippen LogP contribution in [0.15, 0.2) is 60.8 Å². The second-order valence-corrected chi connectivity index (χ2v) is 7.59. The Bertz CT molecular complexity index is 1060. The lowest BCUT2D eigenvalue weighted by atomic mass is 10.1. The monoisotopic (exact) mass is 444 g/mol. The van der Waals surface area contributed by atoms with Gasteiger partial charge in [0.25, 0.3) is 5.91 Å². The Morgan fingerprint density at radius 1 is 1.03 bits per heavy atom. The molecule has 1 atom stereocenters. The van der Waals surface area contributed by atoms with Gasteiger partial charge >= 0.3 is 6.18 Å². The molecule has 2 heterocycles. The Morgan fingerprint density at radius 3 is 2.28 bits per heavy atom. The largest absolute Gasteiger partial charge is 0.435 e. The van der Waals surface area contributed by atoms with Gasteiger partial charge in [-0.3, -0.25) is 9.69 Å². The van der Waals surface area contributed by atoms with Crippen LogP contribution in [0.3, 0.4) is 0 Å². The number of amides is 1. The average Bonchev–Trinajstić information content (AvgIpc) is 3.31.